The van der Waals surface area contributed by atoms with Gasteiger partial charge in [-0.3, -0.25) is 14.3 Å². The molecule has 0 saturated carbocycles. The average molecular weight is 593 g/mol. The number of aromatic nitrogens is 5. The van der Waals surface area contributed by atoms with Crippen molar-refractivity contribution >= 4 is 53.6 Å². The van der Waals surface area contributed by atoms with Crippen molar-refractivity contribution in [2.75, 3.05) is 19.7 Å². The van der Waals surface area contributed by atoms with Gasteiger partial charge in [-0.15, -0.1) is 0 Å². The Kier molecular flexibility index (Phi) is 7.87. The van der Waals surface area contributed by atoms with E-state index in [0.29, 0.717) is 47.3 Å². The lowest BCUT2D eigenvalue weighted by Crippen LogP contribution is -2.55. The van der Waals surface area contributed by atoms with Crippen LogP contribution in [0.15, 0.2) is 30.6 Å². The molecule has 2 amide bonds. The predicted molar refractivity (Wildman–Crippen MR) is 159 cm³/mol. The standard InChI is InChI=1S/C28H33ClN8O3Si/c1-17(28(39)36-13-18(11-30)14-36)32-27(38)21-15-37(16-40-8-9-41(3,4)5)26-25(21)33-22(12-31-26)24-20-7-6-19(29)10-23(20)35(2)34-24/h6-7,10,12,15,17-18H,8-9,13-14,16H2,1-5H3,(H,32,38)/t17-/m1/s1. The molecule has 4 heterocycles. The number of likely N-dealkylation sites (tertiary alicyclic amines) is 1. The van der Waals surface area contributed by atoms with Crippen LogP contribution in [0.2, 0.25) is 30.7 Å². The second kappa shape index (κ2) is 11.2. The summed E-state index contributed by atoms with van der Waals surface area (Å²) in [6, 6.07) is 7.91. The van der Waals surface area contributed by atoms with Crippen LogP contribution in [0.1, 0.15) is 17.3 Å². The van der Waals surface area contributed by atoms with E-state index in [1.54, 1.807) is 39.5 Å². The maximum Gasteiger partial charge on any atom is 0.255 e. The average Bonchev–Trinajstić information content (AvgIpc) is 3.42. The van der Waals surface area contributed by atoms with E-state index in [1.807, 2.05) is 19.2 Å². The van der Waals surface area contributed by atoms with Crippen molar-refractivity contribution in [2.24, 2.45) is 13.0 Å². The van der Waals surface area contributed by atoms with Crippen molar-refractivity contribution in [1.82, 2.24) is 34.5 Å². The lowest BCUT2D eigenvalue weighted by molar-refractivity contribution is -0.137. The van der Waals surface area contributed by atoms with Crippen LogP contribution in [-0.4, -0.2) is 74.8 Å². The molecule has 11 nitrogen and oxygen atoms in total. The normalized spacial score (nSPS) is 14.7. The third-order valence-electron chi connectivity index (χ3n) is 7.19. The fraction of sp³-hybridized carbons (Fsp3) is 0.429. The Morgan fingerprint density at radius 2 is 2.05 bits per heavy atom. The minimum atomic E-state index is -1.27. The number of benzene rings is 1. The van der Waals surface area contributed by atoms with E-state index in [9.17, 15) is 9.59 Å². The van der Waals surface area contributed by atoms with Gasteiger partial charge in [0.1, 0.15) is 29.7 Å². The lowest BCUT2D eigenvalue weighted by atomic mass is 10.0. The van der Waals surface area contributed by atoms with Gasteiger partial charge in [-0.05, 0) is 31.2 Å². The van der Waals surface area contributed by atoms with Crippen LogP contribution < -0.4 is 5.32 Å². The number of halogens is 1. The number of fused-ring (bicyclic) bond motifs is 2. The lowest BCUT2D eigenvalue weighted by Gasteiger charge is -2.37. The smallest absolute Gasteiger partial charge is 0.255 e. The molecule has 5 rings (SSSR count). The van der Waals surface area contributed by atoms with Gasteiger partial charge in [0.25, 0.3) is 5.91 Å². The molecule has 1 aliphatic heterocycles. The van der Waals surface area contributed by atoms with Crippen LogP contribution in [0.3, 0.4) is 0 Å². The maximum absolute atomic E-state index is 13.5. The Hall–Kier alpha value is -3.79. The summed E-state index contributed by atoms with van der Waals surface area (Å²) in [7, 11) is 0.558. The number of nitrogens with one attached hydrogen (secondary N) is 1. The van der Waals surface area contributed by atoms with Crippen molar-refractivity contribution in [3.63, 3.8) is 0 Å². The van der Waals surface area contributed by atoms with Crippen molar-refractivity contribution < 1.29 is 14.3 Å². The zero-order valence-corrected chi connectivity index (χ0v) is 25.6. The first-order chi connectivity index (χ1) is 19.4. The number of carbonyl (C=O) groups excluding carboxylic acids is 2. The molecule has 1 aromatic carbocycles. The summed E-state index contributed by atoms with van der Waals surface area (Å²) in [6.07, 6.45) is 3.31. The number of rotatable bonds is 9. The first-order valence-electron chi connectivity index (χ1n) is 13.5. The van der Waals surface area contributed by atoms with Crippen molar-refractivity contribution in [3.8, 4) is 17.5 Å². The van der Waals surface area contributed by atoms with Crippen molar-refractivity contribution in [1.29, 1.82) is 5.26 Å². The largest absolute Gasteiger partial charge is 0.361 e. The summed E-state index contributed by atoms with van der Waals surface area (Å²) in [5, 5.41) is 17.9. The second-order valence-corrected chi connectivity index (χ2v) is 17.7. The highest BCUT2D eigenvalue weighted by Crippen LogP contribution is 2.30. The molecule has 1 fully saturated rings. The van der Waals surface area contributed by atoms with Crippen molar-refractivity contribution in [3.05, 3.63) is 41.2 Å². The van der Waals surface area contributed by atoms with Gasteiger partial charge in [0.05, 0.1) is 29.3 Å². The topological polar surface area (TPSA) is 131 Å². The van der Waals surface area contributed by atoms with Gasteiger partial charge in [-0.2, -0.15) is 10.4 Å². The molecule has 0 spiro atoms. The highest BCUT2D eigenvalue weighted by atomic mass is 35.5. The minimum absolute atomic E-state index is 0.159. The summed E-state index contributed by atoms with van der Waals surface area (Å²) in [4.78, 5) is 37.4. The maximum atomic E-state index is 13.5. The van der Waals surface area contributed by atoms with Crippen molar-refractivity contribution in [2.45, 2.75) is 45.4 Å². The predicted octanol–water partition coefficient (Wildman–Crippen LogP) is 4.05. The second-order valence-electron chi connectivity index (χ2n) is 11.7. The van der Waals surface area contributed by atoms with E-state index in [1.165, 1.54) is 0 Å². The van der Waals surface area contributed by atoms with Gasteiger partial charge >= 0.3 is 0 Å². The van der Waals surface area contributed by atoms with Gasteiger partial charge in [-0.1, -0.05) is 31.2 Å². The number of nitriles is 1. The highest BCUT2D eigenvalue weighted by Gasteiger charge is 2.34. The molecule has 1 atom stereocenters. The molecule has 1 saturated heterocycles. The van der Waals surface area contributed by atoms with Gasteiger partial charge in [0, 0.05) is 51.4 Å². The van der Waals surface area contributed by atoms with E-state index >= 15 is 0 Å². The molecular formula is C28H33ClN8O3Si. The molecule has 214 valence electrons. The number of ether oxygens (including phenoxy) is 1. The number of hydrogen-bond acceptors (Lipinski definition) is 7. The first-order valence-corrected chi connectivity index (χ1v) is 17.6. The molecule has 4 aromatic rings. The molecule has 3 aromatic heterocycles. The quantitative estimate of drug-likeness (QED) is 0.229. The molecule has 0 radical (unpaired) electrons. The Morgan fingerprint density at radius 3 is 2.76 bits per heavy atom. The van der Waals surface area contributed by atoms with Crippen LogP contribution in [0, 0.1) is 17.2 Å². The summed E-state index contributed by atoms with van der Waals surface area (Å²) < 4.78 is 9.46. The van der Waals surface area contributed by atoms with Crippen LogP contribution >= 0.6 is 11.6 Å². The molecule has 41 heavy (non-hydrogen) atoms. The molecule has 0 aliphatic carbocycles. The van der Waals surface area contributed by atoms with Crippen LogP contribution in [-0.2, 0) is 23.3 Å². The van der Waals surface area contributed by atoms with E-state index in [2.05, 4.69) is 41.1 Å². The number of carbonyl (C=O) groups is 2. The molecule has 0 unspecified atom stereocenters. The zero-order chi connectivity index (χ0) is 29.5. The Balaban J connectivity index is 1.47. The number of nitrogens with zero attached hydrogens (tertiary/aromatic N) is 7. The minimum Gasteiger partial charge on any atom is -0.361 e. The third-order valence-corrected chi connectivity index (χ3v) is 9.13. The monoisotopic (exact) mass is 592 g/mol. The fourth-order valence-electron chi connectivity index (χ4n) is 4.74. The molecule has 13 heteroatoms. The van der Waals surface area contributed by atoms with Crippen LogP contribution in [0.5, 0.6) is 0 Å². The third kappa shape index (κ3) is 5.97. The molecule has 0 bridgehead atoms. The van der Waals surface area contributed by atoms with E-state index in [0.717, 1.165) is 16.9 Å². The Morgan fingerprint density at radius 1 is 1.29 bits per heavy atom. The highest BCUT2D eigenvalue weighted by molar-refractivity contribution is 6.76. The van der Waals surface area contributed by atoms with E-state index < -0.39 is 20.0 Å². The molecular weight excluding hydrogens is 560 g/mol. The zero-order valence-electron chi connectivity index (χ0n) is 23.8. The Bertz CT molecular complexity index is 1680. The SMILES string of the molecule is C[C@@H](NC(=O)c1cn(COCC[Si](C)(C)C)c2ncc(-c3nn(C)c4cc(Cl)ccc34)nc12)C(=O)N1CC(C#N)C1. The van der Waals surface area contributed by atoms with Gasteiger partial charge in [0.15, 0.2) is 5.65 Å². The first kappa shape index (κ1) is 28.7. The summed E-state index contributed by atoms with van der Waals surface area (Å²) in [5.74, 6) is -0.833. The van der Waals surface area contributed by atoms with Crippen LogP contribution in [0.4, 0.5) is 0 Å². The fourth-order valence-corrected chi connectivity index (χ4v) is 5.66. The van der Waals surface area contributed by atoms with Gasteiger partial charge < -0.3 is 19.5 Å². The Labute approximate surface area is 244 Å². The van der Waals surface area contributed by atoms with E-state index in [-0.39, 0.29) is 24.1 Å². The van der Waals surface area contributed by atoms with Gasteiger partial charge in [0.2, 0.25) is 5.91 Å². The number of amides is 2. The van der Waals surface area contributed by atoms with Crippen LogP contribution in [0.25, 0.3) is 33.5 Å². The van der Waals surface area contributed by atoms with Gasteiger partial charge in [-0.25, -0.2) is 9.97 Å². The van der Waals surface area contributed by atoms with E-state index in [4.69, 9.17) is 26.6 Å². The summed E-state index contributed by atoms with van der Waals surface area (Å²) in [5.41, 5.74) is 3.13. The molecule has 1 aliphatic rings. The summed E-state index contributed by atoms with van der Waals surface area (Å²) in [6.45, 7) is 10.1. The summed E-state index contributed by atoms with van der Waals surface area (Å²) >= 11 is 6.20. The number of aryl methyl sites for hydroxylation is 1. The molecule has 1 N–H and O–H groups in total. The number of hydrogen-bond donors (Lipinski definition) is 1.